The molecule has 0 aromatic carbocycles. The minimum Gasteiger partial charge on any atom is -0.365 e. The molecule has 1 aromatic heterocycles. The van der Waals surface area contributed by atoms with E-state index in [2.05, 4.69) is 26.1 Å². The van der Waals surface area contributed by atoms with E-state index < -0.39 is 0 Å². The van der Waals surface area contributed by atoms with Gasteiger partial charge in [0, 0.05) is 65.1 Å². The Labute approximate surface area is 136 Å². The van der Waals surface area contributed by atoms with Gasteiger partial charge in [-0.05, 0) is 0 Å². The number of anilines is 1. The minimum absolute atomic E-state index is 0.188. The summed E-state index contributed by atoms with van der Waals surface area (Å²) in [6.07, 6.45) is 11.7. The molecular formula is C16H22N6O. The predicted molar refractivity (Wildman–Crippen MR) is 86.9 cm³/mol. The van der Waals surface area contributed by atoms with E-state index in [1.807, 2.05) is 24.3 Å². The predicted octanol–water partition coefficient (Wildman–Crippen LogP) is 1.42. The van der Waals surface area contributed by atoms with Gasteiger partial charge in [0.05, 0.1) is 11.9 Å². The molecule has 2 aliphatic rings. The van der Waals surface area contributed by atoms with E-state index in [0.29, 0.717) is 19.3 Å². The maximum Gasteiger partial charge on any atom is 0.222 e. The number of hydrogen-bond donors (Lipinski definition) is 0. The number of carbonyl (C=O) groups is 1. The van der Waals surface area contributed by atoms with Crippen molar-refractivity contribution in [2.45, 2.75) is 31.3 Å². The molecule has 0 unspecified atom stereocenters. The topological polar surface area (TPSA) is 66.1 Å². The summed E-state index contributed by atoms with van der Waals surface area (Å²) in [5.41, 5.74) is 0.753. The molecule has 23 heavy (non-hydrogen) atoms. The van der Waals surface area contributed by atoms with Crippen molar-refractivity contribution in [2.24, 2.45) is 17.3 Å². The smallest absolute Gasteiger partial charge is 0.222 e. The fourth-order valence-corrected chi connectivity index (χ4v) is 2.92. The van der Waals surface area contributed by atoms with Gasteiger partial charge in [-0.3, -0.25) is 9.48 Å². The van der Waals surface area contributed by atoms with Crippen molar-refractivity contribution in [2.75, 3.05) is 31.1 Å². The summed E-state index contributed by atoms with van der Waals surface area (Å²) < 4.78 is 1.80. The summed E-state index contributed by atoms with van der Waals surface area (Å²) in [5.74, 6) is 2.80. The lowest BCUT2D eigenvalue weighted by molar-refractivity contribution is -0.131. The zero-order valence-corrected chi connectivity index (χ0v) is 13.5. The Hall–Kier alpha value is -2.36. The van der Waals surface area contributed by atoms with Crippen LogP contribution in [0.25, 0.3) is 0 Å². The monoisotopic (exact) mass is 314 g/mol. The van der Waals surface area contributed by atoms with E-state index in [1.54, 1.807) is 4.68 Å². The van der Waals surface area contributed by atoms with Crippen LogP contribution in [0.3, 0.4) is 0 Å². The molecule has 0 spiro atoms. The highest BCUT2D eigenvalue weighted by molar-refractivity contribution is 5.76. The van der Waals surface area contributed by atoms with Crippen LogP contribution in [0.2, 0.25) is 0 Å². The highest BCUT2D eigenvalue weighted by atomic mass is 16.2. The molecule has 1 amide bonds. The number of hydrogen-bond acceptors (Lipinski definition) is 5. The third-order valence-electron chi connectivity index (χ3n) is 4.48. The van der Waals surface area contributed by atoms with Crippen LogP contribution in [0, 0.1) is 12.3 Å². The maximum absolute atomic E-state index is 12.4. The Morgan fingerprint density at radius 1 is 1.30 bits per heavy atom. The molecule has 3 heterocycles. The van der Waals surface area contributed by atoms with Crippen molar-refractivity contribution >= 4 is 11.6 Å². The molecule has 3 rings (SSSR count). The van der Waals surface area contributed by atoms with Crippen molar-refractivity contribution in [1.82, 2.24) is 14.7 Å². The number of amides is 1. The largest absolute Gasteiger partial charge is 0.365 e. The molecule has 1 aromatic rings. The van der Waals surface area contributed by atoms with Crippen molar-refractivity contribution in [3.8, 4) is 12.3 Å². The van der Waals surface area contributed by atoms with Crippen LogP contribution in [0.15, 0.2) is 22.6 Å². The first kappa shape index (κ1) is 15.5. The van der Waals surface area contributed by atoms with E-state index >= 15 is 0 Å². The van der Waals surface area contributed by atoms with Crippen LogP contribution in [-0.4, -0.2) is 52.4 Å². The van der Waals surface area contributed by atoms with Gasteiger partial charge in [0.2, 0.25) is 5.91 Å². The van der Waals surface area contributed by atoms with Gasteiger partial charge in [-0.25, -0.2) is 0 Å². The van der Waals surface area contributed by atoms with Crippen molar-refractivity contribution in [1.29, 1.82) is 0 Å². The zero-order valence-electron chi connectivity index (χ0n) is 13.5. The second-order valence-corrected chi connectivity index (χ2v) is 6.13. The van der Waals surface area contributed by atoms with E-state index in [-0.39, 0.29) is 11.6 Å². The summed E-state index contributed by atoms with van der Waals surface area (Å²) in [4.78, 5) is 16.6. The molecular weight excluding hydrogens is 292 g/mol. The fourth-order valence-electron chi connectivity index (χ4n) is 2.92. The first-order chi connectivity index (χ1) is 11.1. The second-order valence-electron chi connectivity index (χ2n) is 6.13. The molecule has 0 atom stereocenters. The molecule has 0 N–H and O–H groups in total. The molecule has 0 radical (unpaired) electrons. The number of rotatable bonds is 6. The zero-order chi connectivity index (χ0) is 16.3. The SMILES string of the molecule is C#CCCC1(CCC(=O)N2CCN(c3cnn(C)c3)CC2)N=N1. The summed E-state index contributed by atoms with van der Waals surface area (Å²) in [7, 11) is 1.91. The molecule has 0 bridgehead atoms. The maximum atomic E-state index is 12.4. The Morgan fingerprint density at radius 2 is 2.04 bits per heavy atom. The van der Waals surface area contributed by atoms with Gasteiger partial charge in [-0.15, -0.1) is 12.3 Å². The van der Waals surface area contributed by atoms with E-state index in [9.17, 15) is 4.79 Å². The first-order valence-corrected chi connectivity index (χ1v) is 8.01. The van der Waals surface area contributed by atoms with E-state index in [4.69, 9.17) is 6.42 Å². The Kier molecular flexibility index (Phi) is 4.33. The lowest BCUT2D eigenvalue weighted by Gasteiger charge is -2.35. The Morgan fingerprint density at radius 3 is 2.61 bits per heavy atom. The lowest BCUT2D eigenvalue weighted by Crippen LogP contribution is -2.48. The molecule has 122 valence electrons. The number of aryl methyl sites for hydroxylation is 1. The third kappa shape index (κ3) is 3.70. The average Bonchev–Trinajstić information content (AvgIpc) is 3.22. The average molecular weight is 314 g/mol. The highest BCUT2D eigenvalue weighted by Gasteiger charge is 2.39. The molecule has 2 aliphatic heterocycles. The van der Waals surface area contributed by atoms with E-state index in [1.165, 1.54) is 0 Å². The first-order valence-electron chi connectivity index (χ1n) is 8.01. The summed E-state index contributed by atoms with van der Waals surface area (Å²) in [6, 6.07) is 0. The standard InChI is InChI=1S/C16H22N6O/c1-3-4-6-16(18-19-16)7-5-15(23)22-10-8-21(9-11-22)14-12-17-20(2)13-14/h1,12-13H,4-11H2,2H3. The van der Waals surface area contributed by atoms with Gasteiger partial charge in [-0.1, -0.05) is 0 Å². The van der Waals surface area contributed by atoms with Gasteiger partial charge < -0.3 is 9.80 Å². The molecule has 7 heteroatoms. The number of terminal acetylenes is 1. The summed E-state index contributed by atoms with van der Waals surface area (Å²) in [5, 5.41) is 12.4. The second kappa shape index (κ2) is 6.41. The van der Waals surface area contributed by atoms with Crippen LogP contribution >= 0.6 is 0 Å². The van der Waals surface area contributed by atoms with Crippen molar-refractivity contribution in [3.05, 3.63) is 12.4 Å². The molecule has 1 saturated heterocycles. The lowest BCUT2D eigenvalue weighted by atomic mass is 10.0. The van der Waals surface area contributed by atoms with Gasteiger partial charge >= 0.3 is 0 Å². The third-order valence-corrected chi connectivity index (χ3v) is 4.48. The molecule has 0 saturated carbocycles. The van der Waals surface area contributed by atoms with Crippen LogP contribution in [-0.2, 0) is 11.8 Å². The van der Waals surface area contributed by atoms with Gasteiger partial charge in [0.25, 0.3) is 0 Å². The highest BCUT2D eigenvalue weighted by Crippen LogP contribution is 2.37. The van der Waals surface area contributed by atoms with Crippen molar-refractivity contribution < 1.29 is 4.79 Å². The quantitative estimate of drug-likeness (QED) is 0.746. The number of piperazine rings is 1. The van der Waals surface area contributed by atoms with Gasteiger partial charge in [0.1, 0.15) is 0 Å². The molecule has 1 fully saturated rings. The molecule has 7 nitrogen and oxygen atoms in total. The number of aromatic nitrogens is 2. The summed E-state index contributed by atoms with van der Waals surface area (Å²) in [6.45, 7) is 3.18. The van der Waals surface area contributed by atoms with Crippen LogP contribution in [0.4, 0.5) is 5.69 Å². The Balaban J connectivity index is 1.43. The number of carbonyl (C=O) groups excluding carboxylic acids is 1. The van der Waals surface area contributed by atoms with Crippen LogP contribution < -0.4 is 4.90 Å². The van der Waals surface area contributed by atoms with E-state index in [0.717, 1.165) is 38.3 Å². The van der Waals surface area contributed by atoms with Crippen LogP contribution in [0.1, 0.15) is 25.7 Å². The minimum atomic E-state index is -0.362. The van der Waals surface area contributed by atoms with Crippen molar-refractivity contribution in [3.63, 3.8) is 0 Å². The summed E-state index contributed by atoms with van der Waals surface area (Å²) >= 11 is 0. The van der Waals surface area contributed by atoms with Gasteiger partial charge in [-0.2, -0.15) is 15.3 Å². The number of nitrogens with zero attached hydrogens (tertiary/aromatic N) is 6. The normalized spacial score (nSPS) is 18.8. The fraction of sp³-hybridized carbons (Fsp3) is 0.625. The Bertz CT molecular complexity index is 629. The van der Waals surface area contributed by atoms with Gasteiger partial charge in [0.15, 0.2) is 5.66 Å². The molecule has 0 aliphatic carbocycles. The van der Waals surface area contributed by atoms with Crippen LogP contribution in [0.5, 0.6) is 0 Å².